The third kappa shape index (κ3) is 2.48. The summed E-state index contributed by atoms with van der Waals surface area (Å²) in [6.07, 6.45) is 2.80. The standard InChI is InChI=1S/C10H21N/c1-9(2)5-6-10(3)7-11(4)8-10/h9H,5-8H2,1-4H3. The molecule has 0 spiro atoms. The average Bonchev–Trinajstić information content (AvgIpc) is 1.81. The van der Waals surface area contributed by atoms with E-state index in [2.05, 4.69) is 32.7 Å². The van der Waals surface area contributed by atoms with Crippen LogP contribution in [0.4, 0.5) is 0 Å². The van der Waals surface area contributed by atoms with Gasteiger partial charge in [0.25, 0.3) is 0 Å². The zero-order valence-corrected chi connectivity index (χ0v) is 8.35. The fourth-order valence-corrected chi connectivity index (χ4v) is 2.05. The Morgan fingerprint density at radius 3 is 2.27 bits per heavy atom. The molecule has 1 saturated heterocycles. The topological polar surface area (TPSA) is 3.24 Å². The van der Waals surface area contributed by atoms with Gasteiger partial charge < -0.3 is 4.90 Å². The first-order valence-corrected chi connectivity index (χ1v) is 4.70. The van der Waals surface area contributed by atoms with E-state index in [0.717, 1.165) is 5.92 Å². The summed E-state index contributed by atoms with van der Waals surface area (Å²) in [6.45, 7) is 9.65. The lowest BCUT2D eigenvalue weighted by Crippen LogP contribution is -2.52. The first kappa shape index (κ1) is 9.05. The fourth-order valence-electron chi connectivity index (χ4n) is 2.05. The van der Waals surface area contributed by atoms with Crippen molar-refractivity contribution in [3.8, 4) is 0 Å². The summed E-state index contributed by atoms with van der Waals surface area (Å²) >= 11 is 0. The molecule has 1 aliphatic heterocycles. The second kappa shape index (κ2) is 3.14. The Hall–Kier alpha value is -0.0400. The molecule has 0 amide bonds. The summed E-state index contributed by atoms with van der Waals surface area (Å²) in [5.41, 5.74) is 0.652. The van der Waals surface area contributed by atoms with Crippen molar-refractivity contribution in [2.45, 2.75) is 33.6 Å². The van der Waals surface area contributed by atoms with Crippen LogP contribution in [0, 0.1) is 11.3 Å². The van der Waals surface area contributed by atoms with Crippen molar-refractivity contribution in [3.63, 3.8) is 0 Å². The molecule has 0 radical (unpaired) electrons. The zero-order valence-electron chi connectivity index (χ0n) is 8.35. The molecule has 0 aromatic carbocycles. The maximum atomic E-state index is 2.41. The van der Waals surface area contributed by atoms with E-state index in [9.17, 15) is 0 Å². The fraction of sp³-hybridized carbons (Fsp3) is 1.00. The van der Waals surface area contributed by atoms with Gasteiger partial charge in [0.15, 0.2) is 0 Å². The van der Waals surface area contributed by atoms with E-state index < -0.39 is 0 Å². The molecule has 1 heteroatoms. The molecule has 0 aliphatic carbocycles. The van der Waals surface area contributed by atoms with Crippen molar-refractivity contribution in [3.05, 3.63) is 0 Å². The minimum Gasteiger partial charge on any atom is -0.305 e. The van der Waals surface area contributed by atoms with Crippen LogP contribution in [0.15, 0.2) is 0 Å². The third-order valence-corrected chi connectivity index (χ3v) is 2.63. The molecule has 11 heavy (non-hydrogen) atoms. The largest absolute Gasteiger partial charge is 0.305 e. The number of nitrogens with zero attached hydrogens (tertiary/aromatic N) is 1. The third-order valence-electron chi connectivity index (χ3n) is 2.63. The first-order valence-electron chi connectivity index (χ1n) is 4.70. The van der Waals surface area contributed by atoms with Crippen molar-refractivity contribution in [1.82, 2.24) is 4.90 Å². The van der Waals surface area contributed by atoms with Crippen LogP contribution in [0.3, 0.4) is 0 Å². The molecule has 0 atom stereocenters. The van der Waals surface area contributed by atoms with Crippen LogP contribution in [0.5, 0.6) is 0 Å². The highest BCUT2D eigenvalue weighted by Gasteiger charge is 2.35. The van der Waals surface area contributed by atoms with Gasteiger partial charge in [-0.2, -0.15) is 0 Å². The van der Waals surface area contributed by atoms with Gasteiger partial charge in [0.1, 0.15) is 0 Å². The van der Waals surface area contributed by atoms with E-state index in [4.69, 9.17) is 0 Å². The van der Waals surface area contributed by atoms with Gasteiger partial charge in [0, 0.05) is 13.1 Å². The monoisotopic (exact) mass is 155 g/mol. The minimum absolute atomic E-state index is 0.652. The highest BCUT2D eigenvalue weighted by Crippen LogP contribution is 2.34. The van der Waals surface area contributed by atoms with E-state index in [0.29, 0.717) is 5.41 Å². The quantitative estimate of drug-likeness (QED) is 0.605. The molecular weight excluding hydrogens is 134 g/mol. The summed E-state index contributed by atoms with van der Waals surface area (Å²) in [5.74, 6) is 0.873. The lowest BCUT2D eigenvalue weighted by molar-refractivity contribution is 0.0272. The number of hydrogen-bond acceptors (Lipinski definition) is 1. The number of likely N-dealkylation sites (tertiary alicyclic amines) is 1. The van der Waals surface area contributed by atoms with Crippen molar-refractivity contribution >= 4 is 0 Å². The van der Waals surface area contributed by atoms with Crippen LogP contribution >= 0.6 is 0 Å². The Morgan fingerprint density at radius 1 is 1.36 bits per heavy atom. The molecule has 0 unspecified atom stereocenters. The Balaban J connectivity index is 2.16. The Morgan fingerprint density at radius 2 is 1.91 bits per heavy atom. The zero-order chi connectivity index (χ0) is 8.48. The Labute approximate surface area is 70.8 Å². The molecular formula is C10H21N. The van der Waals surface area contributed by atoms with Crippen molar-refractivity contribution in [2.75, 3.05) is 20.1 Å². The number of rotatable bonds is 3. The summed E-state index contributed by atoms with van der Waals surface area (Å²) < 4.78 is 0. The summed E-state index contributed by atoms with van der Waals surface area (Å²) in [4.78, 5) is 2.40. The van der Waals surface area contributed by atoms with Gasteiger partial charge in [-0.25, -0.2) is 0 Å². The van der Waals surface area contributed by atoms with Crippen LogP contribution in [0.2, 0.25) is 0 Å². The molecule has 0 aromatic heterocycles. The van der Waals surface area contributed by atoms with Crippen molar-refractivity contribution in [2.24, 2.45) is 11.3 Å². The molecule has 0 N–H and O–H groups in total. The van der Waals surface area contributed by atoms with Gasteiger partial charge in [-0.1, -0.05) is 27.2 Å². The molecule has 0 saturated carbocycles. The van der Waals surface area contributed by atoms with Crippen molar-refractivity contribution in [1.29, 1.82) is 0 Å². The maximum absolute atomic E-state index is 2.41. The normalized spacial score (nSPS) is 23.7. The second-order valence-electron chi connectivity index (χ2n) is 4.92. The molecule has 1 fully saturated rings. The van der Waals surface area contributed by atoms with E-state index in [-0.39, 0.29) is 0 Å². The second-order valence-corrected chi connectivity index (χ2v) is 4.92. The predicted octanol–water partition coefficient (Wildman–Crippen LogP) is 2.37. The van der Waals surface area contributed by atoms with Gasteiger partial charge >= 0.3 is 0 Å². The van der Waals surface area contributed by atoms with Gasteiger partial charge in [0.05, 0.1) is 0 Å². The van der Waals surface area contributed by atoms with Gasteiger partial charge in [0.2, 0.25) is 0 Å². The lowest BCUT2D eigenvalue weighted by atomic mass is 9.77. The van der Waals surface area contributed by atoms with Crippen LogP contribution in [0.1, 0.15) is 33.6 Å². The van der Waals surface area contributed by atoms with Gasteiger partial charge in [-0.15, -0.1) is 0 Å². The minimum atomic E-state index is 0.652. The summed E-state index contributed by atoms with van der Waals surface area (Å²) in [7, 11) is 2.21. The maximum Gasteiger partial charge on any atom is 0.00448 e. The van der Waals surface area contributed by atoms with Crippen LogP contribution in [-0.4, -0.2) is 25.0 Å². The van der Waals surface area contributed by atoms with Gasteiger partial charge in [-0.3, -0.25) is 0 Å². The van der Waals surface area contributed by atoms with E-state index >= 15 is 0 Å². The highest BCUT2D eigenvalue weighted by molar-refractivity contribution is 4.89. The van der Waals surface area contributed by atoms with Crippen LogP contribution < -0.4 is 0 Å². The molecule has 1 heterocycles. The van der Waals surface area contributed by atoms with E-state index in [1.807, 2.05) is 0 Å². The van der Waals surface area contributed by atoms with Gasteiger partial charge in [-0.05, 0) is 24.8 Å². The lowest BCUT2D eigenvalue weighted by Gasteiger charge is -2.46. The molecule has 1 aliphatic rings. The average molecular weight is 155 g/mol. The van der Waals surface area contributed by atoms with E-state index in [1.54, 1.807) is 0 Å². The smallest absolute Gasteiger partial charge is 0.00448 e. The molecule has 1 nitrogen and oxygen atoms in total. The first-order chi connectivity index (χ1) is 5.02. The van der Waals surface area contributed by atoms with Crippen molar-refractivity contribution < 1.29 is 0 Å². The summed E-state index contributed by atoms with van der Waals surface area (Å²) in [5, 5.41) is 0. The Kier molecular flexibility index (Phi) is 2.58. The number of hydrogen-bond donors (Lipinski definition) is 0. The predicted molar refractivity (Wildman–Crippen MR) is 49.7 cm³/mol. The van der Waals surface area contributed by atoms with Crippen LogP contribution in [-0.2, 0) is 0 Å². The summed E-state index contributed by atoms with van der Waals surface area (Å²) in [6, 6.07) is 0. The Bertz CT molecular complexity index is 123. The highest BCUT2D eigenvalue weighted by atomic mass is 15.2. The molecule has 66 valence electrons. The van der Waals surface area contributed by atoms with Crippen LogP contribution in [0.25, 0.3) is 0 Å². The van der Waals surface area contributed by atoms with E-state index in [1.165, 1.54) is 25.9 Å². The molecule has 1 rings (SSSR count). The molecule has 0 bridgehead atoms. The SMILES string of the molecule is CC(C)CCC1(C)CN(C)C1. The molecule has 0 aromatic rings.